The van der Waals surface area contributed by atoms with E-state index in [9.17, 15) is 4.79 Å². The largest absolute Gasteiger partial charge is 0.496 e. The van der Waals surface area contributed by atoms with Crippen LogP contribution in [0.2, 0.25) is 5.02 Å². The molecule has 0 spiro atoms. The van der Waals surface area contributed by atoms with Gasteiger partial charge >= 0.3 is 0 Å². The fraction of sp³-hybridized carbons (Fsp3) is 0.500. The zero-order valence-electron chi connectivity index (χ0n) is 14.5. The molecular weight excluding hydrogens is 374 g/mol. The predicted molar refractivity (Wildman–Crippen MR) is 99.0 cm³/mol. The molecular formula is C18H20ClN3O3S. The van der Waals surface area contributed by atoms with Gasteiger partial charge in [0, 0.05) is 17.5 Å². The second-order valence-corrected chi connectivity index (χ2v) is 8.00. The van der Waals surface area contributed by atoms with Crippen LogP contribution in [0.5, 0.6) is 5.75 Å². The molecule has 26 heavy (non-hydrogen) atoms. The van der Waals surface area contributed by atoms with Gasteiger partial charge in [0.25, 0.3) is 5.91 Å². The summed E-state index contributed by atoms with van der Waals surface area (Å²) < 4.78 is 12.8. The van der Waals surface area contributed by atoms with Crippen LogP contribution in [0.25, 0.3) is 0 Å². The van der Waals surface area contributed by atoms with Crippen molar-refractivity contribution in [2.24, 2.45) is 4.99 Å². The third kappa shape index (κ3) is 3.84. The fourth-order valence-corrected chi connectivity index (χ4v) is 4.25. The number of benzene rings is 1. The minimum absolute atomic E-state index is 0.138. The SMILES string of the molecule is COc1ccc(Cl)cc1C(=O)N=c1sc(C2CC2)nn1CC1CCCO1. The van der Waals surface area contributed by atoms with Gasteiger partial charge in [-0.1, -0.05) is 22.9 Å². The molecule has 1 aromatic carbocycles. The third-order valence-electron chi connectivity index (χ3n) is 4.55. The molecule has 1 atom stereocenters. The van der Waals surface area contributed by atoms with E-state index < -0.39 is 0 Å². The lowest BCUT2D eigenvalue weighted by molar-refractivity contribution is 0.0919. The molecule has 4 rings (SSSR count). The van der Waals surface area contributed by atoms with E-state index in [-0.39, 0.29) is 12.0 Å². The Hall–Kier alpha value is -1.70. The maximum atomic E-state index is 12.8. The Bertz CT molecular complexity index is 882. The Morgan fingerprint density at radius 3 is 3.00 bits per heavy atom. The van der Waals surface area contributed by atoms with Crippen molar-refractivity contribution in [3.05, 3.63) is 38.6 Å². The number of ether oxygens (including phenoxy) is 2. The molecule has 0 radical (unpaired) electrons. The van der Waals surface area contributed by atoms with E-state index >= 15 is 0 Å². The molecule has 2 aromatic rings. The molecule has 1 saturated heterocycles. The van der Waals surface area contributed by atoms with Crippen LogP contribution in [-0.2, 0) is 11.3 Å². The highest BCUT2D eigenvalue weighted by atomic mass is 35.5. The summed E-state index contributed by atoms with van der Waals surface area (Å²) in [5, 5.41) is 6.21. The van der Waals surface area contributed by atoms with E-state index in [4.69, 9.17) is 26.2 Å². The van der Waals surface area contributed by atoms with Crippen molar-refractivity contribution in [1.29, 1.82) is 0 Å². The molecule has 1 aliphatic heterocycles. The maximum Gasteiger partial charge on any atom is 0.283 e. The quantitative estimate of drug-likeness (QED) is 0.780. The molecule has 1 unspecified atom stereocenters. The van der Waals surface area contributed by atoms with Gasteiger partial charge in [-0.2, -0.15) is 10.1 Å². The van der Waals surface area contributed by atoms with Gasteiger partial charge in [0.05, 0.1) is 25.3 Å². The van der Waals surface area contributed by atoms with Crippen LogP contribution < -0.4 is 9.54 Å². The summed E-state index contributed by atoms with van der Waals surface area (Å²) >= 11 is 7.53. The highest BCUT2D eigenvalue weighted by Crippen LogP contribution is 2.40. The first-order valence-electron chi connectivity index (χ1n) is 8.76. The van der Waals surface area contributed by atoms with Crippen LogP contribution >= 0.6 is 22.9 Å². The summed E-state index contributed by atoms with van der Waals surface area (Å²) in [6, 6.07) is 4.94. The fourth-order valence-electron chi connectivity index (χ4n) is 3.00. The average Bonchev–Trinajstić information content (AvgIpc) is 3.23. The van der Waals surface area contributed by atoms with Crippen molar-refractivity contribution in [3.63, 3.8) is 0 Å². The predicted octanol–water partition coefficient (Wildman–Crippen LogP) is 3.40. The standard InChI is InChI=1S/C18H20ClN3O3S/c1-24-15-7-6-12(19)9-14(15)16(23)20-18-22(10-13-3-2-8-25-13)21-17(26-18)11-4-5-11/h6-7,9,11,13H,2-5,8,10H2,1H3. The topological polar surface area (TPSA) is 65.7 Å². The summed E-state index contributed by atoms with van der Waals surface area (Å²) in [6.07, 6.45) is 4.53. The number of nitrogens with zero attached hydrogens (tertiary/aromatic N) is 3. The first-order chi connectivity index (χ1) is 12.6. The summed E-state index contributed by atoms with van der Waals surface area (Å²) in [5.41, 5.74) is 0.352. The Kier molecular flexibility index (Phi) is 5.11. The molecule has 1 aromatic heterocycles. The maximum absolute atomic E-state index is 12.8. The van der Waals surface area contributed by atoms with Crippen LogP contribution in [0.4, 0.5) is 0 Å². The minimum atomic E-state index is -0.378. The Morgan fingerprint density at radius 2 is 2.31 bits per heavy atom. The van der Waals surface area contributed by atoms with Crippen molar-refractivity contribution >= 4 is 28.8 Å². The van der Waals surface area contributed by atoms with Crippen molar-refractivity contribution < 1.29 is 14.3 Å². The Labute approximate surface area is 160 Å². The van der Waals surface area contributed by atoms with Gasteiger partial charge in [0.15, 0.2) is 0 Å². The zero-order valence-corrected chi connectivity index (χ0v) is 16.1. The van der Waals surface area contributed by atoms with Crippen molar-refractivity contribution in [2.75, 3.05) is 13.7 Å². The smallest absolute Gasteiger partial charge is 0.283 e. The monoisotopic (exact) mass is 393 g/mol. The van der Waals surface area contributed by atoms with Gasteiger partial charge in [-0.05, 0) is 43.9 Å². The number of hydrogen-bond donors (Lipinski definition) is 0. The Balaban J connectivity index is 1.68. The number of carbonyl (C=O) groups excluding carboxylic acids is 1. The second kappa shape index (κ2) is 7.50. The molecule has 2 fully saturated rings. The summed E-state index contributed by atoms with van der Waals surface area (Å²) in [6.45, 7) is 1.41. The number of halogens is 1. The molecule has 2 heterocycles. The highest BCUT2D eigenvalue weighted by Gasteiger charge is 2.28. The lowest BCUT2D eigenvalue weighted by Gasteiger charge is -2.09. The first kappa shape index (κ1) is 17.7. The number of rotatable bonds is 5. The lowest BCUT2D eigenvalue weighted by atomic mass is 10.2. The van der Waals surface area contributed by atoms with Crippen LogP contribution in [0, 0.1) is 0 Å². The van der Waals surface area contributed by atoms with Gasteiger partial charge in [0.1, 0.15) is 10.8 Å². The third-order valence-corrected chi connectivity index (χ3v) is 5.90. The van der Waals surface area contributed by atoms with E-state index in [2.05, 4.69) is 4.99 Å². The first-order valence-corrected chi connectivity index (χ1v) is 9.95. The van der Waals surface area contributed by atoms with Gasteiger partial charge in [-0.3, -0.25) is 4.79 Å². The van der Waals surface area contributed by atoms with E-state index in [1.165, 1.54) is 18.4 Å². The summed E-state index contributed by atoms with van der Waals surface area (Å²) in [5.74, 6) is 0.590. The second-order valence-electron chi connectivity index (χ2n) is 6.58. The van der Waals surface area contributed by atoms with Crippen LogP contribution in [0.3, 0.4) is 0 Å². The molecule has 1 aliphatic carbocycles. The number of aromatic nitrogens is 2. The zero-order chi connectivity index (χ0) is 18.1. The number of amides is 1. The van der Waals surface area contributed by atoms with Gasteiger partial charge < -0.3 is 9.47 Å². The van der Waals surface area contributed by atoms with Gasteiger partial charge in [-0.15, -0.1) is 0 Å². The summed E-state index contributed by atoms with van der Waals surface area (Å²) in [4.78, 5) is 17.7. The van der Waals surface area contributed by atoms with E-state index in [0.717, 1.165) is 37.3 Å². The molecule has 138 valence electrons. The van der Waals surface area contributed by atoms with Gasteiger partial charge in [-0.25, -0.2) is 4.68 Å². The molecule has 8 heteroatoms. The van der Waals surface area contributed by atoms with E-state index in [0.29, 0.717) is 33.6 Å². The number of methoxy groups -OCH3 is 1. The van der Waals surface area contributed by atoms with Crippen molar-refractivity contribution in [3.8, 4) is 5.75 Å². The highest BCUT2D eigenvalue weighted by molar-refractivity contribution is 7.09. The van der Waals surface area contributed by atoms with E-state index in [1.54, 1.807) is 18.2 Å². The van der Waals surface area contributed by atoms with Crippen LogP contribution in [-0.4, -0.2) is 35.5 Å². The summed E-state index contributed by atoms with van der Waals surface area (Å²) in [7, 11) is 1.52. The average molecular weight is 394 g/mol. The lowest BCUT2D eigenvalue weighted by Crippen LogP contribution is -2.25. The van der Waals surface area contributed by atoms with Crippen molar-refractivity contribution in [1.82, 2.24) is 9.78 Å². The van der Waals surface area contributed by atoms with Crippen LogP contribution in [0.15, 0.2) is 23.2 Å². The molecule has 1 saturated carbocycles. The normalized spacial score (nSPS) is 20.5. The number of carbonyl (C=O) groups is 1. The molecule has 2 aliphatic rings. The van der Waals surface area contributed by atoms with Crippen LogP contribution in [0.1, 0.15) is 47.0 Å². The Morgan fingerprint density at radius 1 is 1.46 bits per heavy atom. The minimum Gasteiger partial charge on any atom is -0.496 e. The van der Waals surface area contributed by atoms with Crippen molar-refractivity contribution in [2.45, 2.75) is 44.2 Å². The molecule has 6 nitrogen and oxygen atoms in total. The van der Waals surface area contributed by atoms with Gasteiger partial charge in [0.2, 0.25) is 4.80 Å². The number of hydrogen-bond acceptors (Lipinski definition) is 5. The molecule has 1 amide bonds. The molecule has 0 bridgehead atoms. The molecule has 0 N–H and O–H groups in total. The van der Waals surface area contributed by atoms with E-state index in [1.807, 2.05) is 4.68 Å².